The van der Waals surface area contributed by atoms with Crippen molar-refractivity contribution in [3.05, 3.63) is 28.8 Å². The first-order valence-corrected chi connectivity index (χ1v) is 8.18. The Morgan fingerprint density at radius 3 is 2.65 bits per heavy atom. The van der Waals surface area contributed by atoms with Crippen LogP contribution >= 0.6 is 11.6 Å². The number of nitrogens with one attached hydrogen (secondary N) is 2. The summed E-state index contributed by atoms with van der Waals surface area (Å²) in [5.41, 5.74) is 1.72. The van der Waals surface area contributed by atoms with Gasteiger partial charge < -0.3 is 15.0 Å². The predicted molar refractivity (Wildman–Crippen MR) is 89.0 cm³/mol. The monoisotopic (exact) mass is 340 g/mol. The summed E-state index contributed by atoms with van der Waals surface area (Å²) in [6.45, 7) is 7.18. The highest BCUT2D eigenvalue weighted by molar-refractivity contribution is 6.30. The second-order valence-corrected chi connectivity index (χ2v) is 6.06. The largest absolute Gasteiger partial charge is 0.450 e. The molecule has 0 atom stereocenters. The predicted octanol–water partition coefficient (Wildman–Crippen LogP) is 0.944. The molecule has 1 aromatic rings. The number of hydrogen-bond acceptors (Lipinski definition) is 3. The van der Waals surface area contributed by atoms with Crippen LogP contribution < -0.4 is 10.2 Å². The van der Waals surface area contributed by atoms with E-state index in [9.17, 15) is 9.59 Å². The van der Waals surface area contributed by atoms with Gasteiger partial charge in [-0.2, -0.15) is 0 Å². The number of piperazine rings is 1. The number of quaternary nitrogens is 1. The fourth-order valence-corrected chi connectivity index (χ4v) is 2.81. The molecule has 23 heavy (non-hydrogen) atoms. The second-order valence-electron chi connectivity index (χ2n) is 5.62. The third-order valence-corrected chi connectivity index (χ3v) is 4.10. The van der Waals surface area contributed by atoms with Crippen LogP contribution in [-0.2, 0) is 9.53 Å². The van der Waals surface area contributed by atoms with Gasteiger partial charge in [0.15, 0.2) is 6.54 Å². The quantitative estimate of drug-likeness (QED) is 0.857. The zero-order chi connectivity index (χ0) is 16.8. The average molecular weight is 341 g/mol. The van der Waals surface area contributed by atoms with E-state index in [2.05, 4.69) is 5.32 Å². The van der Waals surface area contributed by atoms with E-state index in [1.54, 1.807) is 17.9 Å². The number of benzene rings is 1. The molecule has 1 aromatic carbocycles. The molecular formula is C16H23ClN3O3+. The molecule has 2 amide bonds. The molecule has 2 rings (SSSR count). The van der Waals surface area contributed by atoms with Gasteiger partial charge in [0.05, 0.1) is 32.8 Å². The van der Waals surface area contributed by atoms with Crippen molar-refractivity contribution in [2.75, 3.05) is 44.6 Å². The van der Waals surface area contributed by atoms with Gasteiger partial charge >= 0.3 is 6.09 Å². The van der Waals surface area contributed by atoms with Crippen LogP contribution in [0.1, 0.15) is 12.5 Å². The van der Waals surface area contributed by atoms with Crippen molar-refractivity contribution in [3.8, 4) is 0 Å². The number of rotatable bonds is 4. The number of halogens is 1. The standard InChI is InChI=1S/C16H22ClN3O3/c1-3-23-16(22)20-8-6-19(7-9-20)11-15(21)18-14-5-4-13(17)10-12(14)2/h4-5,10H,3,6-9,11H2,1-2H3,(H,18,21)/p+1. The van der Waals surface area contributed by atoms with Crippen molar-refractivity contribution in [1.29, 1.82) is 0 Å². The van der Waals surface area contributed by atoms with Gasteiger partial charge in [0.1, 0.15) is 0 Å². The number of aryl methyl sites for hydroxylation is 1. The Bertz CT molecular complexity index is 572. The SMILES string of the molecule is CCOC(=O)N1CC[NH+](CC(=O)Nc2ccc(Cl)cc2C)CC1. The number of carbonyl (C=O) groups is 2. The Labute approximate surface area is 141 Å². The minimum atomic E-state index is -0.271. The maximum atomic E-state index is 12.2. The van der Waals surface area contributed by atoms with E-state index in [1.807, 2.05) is 19.1 Å². The lowest BCUT2D eigenvalue weighted by Crippen LogP contribution is -3.15. The Morgan fingerprint density at radius 2 is 2.04 bits per heavy atom. The molecular weight excluding hydrogens is 318 g/mol. The van der Waals surface area contributed by atoms with E-state index in [0.29, 0.717) is 31.3 Å². The van der Waals surface area contributed by atoms with Crippen LogP contribution in [0.25, 0.3) is 0 Å². The lowest BCUT2D eigenvalue weighted by molar-refractivity contribution is -0.895. The first kappa shape index (κ1) is 17.6. The molecule has 0 aliphatic carbocycles. The maximum absolute atomic E-state index is 12.2. The number of hydrogen-bond donors (Lipinski definition) is 2. The van der Waals surface area contributed by atoms with Gasteiger partial charge in [-0.15, -0.1) is 0 Å². The van der Waals surface area contributed by atoms with Gasteiger partial charge in [0, 0.05) is 10.7 Å². The van der Waals surface area contributed by atoms with Gasteiger partial charge in [-0.25, -0.2) is 4.79 Å². The highest BCUT2D eigenvalue weighted by Gasteiger charge is 2.25. The molecule has 0 aromatic heterocycles. The Kier molecular flexibility index (Phi) is 6.24. The van der Waals surface area contributed by atoms with Gasteiger partial charge in [0.25, 0.3) is 5.91 Å². The number of ether oxygens (including phenoxy) is 1. The van der Waals surface area contributed by atoms with Crippen LogP contribution in [0.15, 0.2) is 18.2 Å². The van der Waals surface area contributed by atoms with E-state index in [0.717, 1.165) is 29.2 Å². The molecule has 2 N–H and O–H groups in total. The van der Waals surface area contributed by atoms with Crippen LogP contribution in [0.2, 0.25) is 5.02 Å². The topological polar surface area (TPSA) is 63.1 Å². The molecule has 1 saturated heterocycles. The molecule has 1 heterocycles. The average Bonchev–Trinajstić information content (AvgIpc) is 2.51. The Hall–Kier alpha value is -1.79. The van der Waals surface area contributed by atoms with Crippen molar-refractivity contribution < 1.29 is 19.2 Å². The van der Waals surface area contributed by atoms with E-state index >= 15 is 0 Å². The molecule has 1 aliphatic heterocycles. The summed E-state index contributed by atoms with van der Waals surface area (Å²) in [5, 5.41) is 3.57. The first-order valence-electron chi connectivity index (χ1n) is 7.81. The van der Waals surface area contributed by atoms with Crippen molar-refractivity contribution in [1.82, 2.24) is 4.90 Å². The highest BCUT2D eigenvalue weighted by atomic mass is 35.5. The maximum Gasteiger partial charge on any atom is 0.410 e. The van der Waals surface area contributed by atoms with Gasteiger partial charge in [-0.1, -0.05) is 11.6 Å². The van der Waals surface area contributed by atoms with Crippen molar-refractivity contribution in [2.24, 2.45) is 0 Å². The summed E-state index contributed by atoms with van der Waals surface area (Å²) in [5.74, 6) is -0.0324. The number of carbonyl (C=O) groups excluding carboxylic acids is 2. The normalized spacial score (nSPS) is 15.3. The lowest BCUT2D eigenvalue weighted by Gasteiger charge is -2.31. The van der Waals surface area contributed by atoms with Crippen LogP contribution in [0.3, 0.4) is 0 Å². The molecule has 7 heteroatoms. The summed E-state index contributed by atoms with van der Waals surface area (Å²) in [6.07, 6.45) is -0.271. The zero-order valence-electron chi connectivity index (χ0n) is 13.5. The van der Waals surface area contributed by atoms with Gasteiger partial charge in [0.2, 0.25) is 0 Å². The highest BCUT2D eigenvalue weighted by Crippen LogP contribution is 2.19. The molecule has 0 saturated carbocycles. The van der Waals surface area contributed by atoms with Crippen molar-refractivity contribution >= 4 is 29.3 Å². The summed E-state index contributed by atoms with van der Waals surface area (Å²) < 4.78 is 4.99. The molecule has 1 aliphatic rings. The van der Waals surface area contributed by atoms with Crippen LogP contribution in [0, 0.1) is 6.92 Å². The summed E-state index contributed by atoms with van der Waals surface area (Å²) in [4.78, 5) is 26.7. The molecule has 0 radical (unpaired) electrons. The van der Waals surface area contributed by atoms with Crippen LogP contribution in [0.5, 0.6) is 0 Å². The molecule has 0 spiro atoms. The first-order chi connectivity index (χ1) is 11.0. The van der Waals surface area contributed by atoms with Crippen LogP contribution in [0.4, 0.5) is 10.5 Å². The third-order valence-electron chi connectivity index (χ3n) is 3.87. The minimum Gasteiger partial charge on any atom is -0.450 e. The number of nitrogens with zero attached hydrogens (tertiary/aromatic N) is 1. The van der Waals surface area contributed by atoms with Gasteiger partial charge in [-0.3, -0.25) is 9.69 Å². The zero-order valence-corrected chi connectivity index (χ0v) is 14.3. The molecule has 0 bridgehead atoms. The van der Waals surface area contributed by atoms with Crippen molar-refractivity contribution in [3.63, 3.8) is 0 Å². The Balaban J connectivity index is 1.79. The van der Waals surface area contributed by atoms with Crippen molar-refractivity contribution in [2.45, 2.75) is 13.8 Å². The van der Waals surface area contributed by atoms with Gasteiger partial charge in [-0.05, 0) is 37.6 Å². The van der Waals surface area contributed by atoms with E-state index in [-0.39, 0.29) is 12.0 Å². The summed E-state index contributed by atoms with van der Waals surface area (Å²) in [6, 6.07) is 5.39. The summed E-state index contributed by atoms with van der Waals surface area (Å²) >= 11 is 5.91. The molecule has 6 nitrogen and oxygen atoms in total. The Morgan fingerprint density at radius 1 is 1.35 bits per heavy atom. The smallest absolute Gasteiger partial charge is 0.410 e. The van der Waals surface area contributed by atoms with E-state index < -0.39 is 0 Å². The molecule has 1 fully saturated rings. The third kappa shape index (κ3) is 5.11. The number of anilines is 1. The molecule has 0 unspecified atom stereocenters. The lowest BCUT2D eigenvalue weighted by atomic mass is 10.2. The number of amides is 2. The van der Waals surface area contributed by atoms with E-state index in [4.69, 9.17) is 16.3 Å². The fourth-order valence-electron chi connectivity index (χ4n) is 2.59. The van der Waals surface area contributed by atoms with E-state index in [1.165, 1.54) is 0 Å². The van der Waals surface area contributed by atoms with Crippen LogP contribution in [-0.4, -0.2) is 56.2 Å². The fraction of sp³-hybridized carbons (Fsp3) is 0.500. The molecule has 126 valence electrons. The minimum absolute atomic E-state index is 0.0324. The second kappa shape index (κ2) is 8.17. The summed E-state index contributed by atoms with van der Waals surface area (Å²) in [7, 11) is 0.